The third kappa shape index (κ3) is 2.14. The monoisotopic (exact) mass is 335 g/mol. The van der Waals surface area contributed by atoms with Gasteiger partial charge in [-0.2, -0.15) is 21.6 Å². The average molecular weight is 335 g/mol. The number of nitrogens with zero attached hydrogens (tertiary/aromatic N) is 2. The Hall–Kier alpha value is -2.10. The van der Waals surface area contributed by atoms with Crippen molar-refractivity contribution in [2.45, 2.75) is 26.3 Å². The van der Waals surface area contributed by atoms with Crippen LogP contribution in [-0.2, 0) is 10.0 Å². The number of aromatic nitrogens is 2. The largest absolute Gasteiger partial charge is 0.517 e. The summed E-state index contributed by atoms with van der Waals surface area (Å²) in [6, 6.07) is 1.24. The topological polar surface area (TPSA) is 95.0 Å². The van der Waals surface area contributed by atoms with E-state index in [1.807, 2.05) is 0 Å². The number of fused-ring (bicyclic) bond motifs is 1. The number of primary amides is 1. The lowest BCUT2D eigenvalue weighted by molar-refractivity contribution is -0.0445. The van der Waals surface area contributed by atoms with Crippen molar-refractivity contribution in [1.82, 2.24) is 8.96 Å². The molecule has 1 aromatic carbocycles. The molecule has 1 aromatic heterocycles. The Morgan fingerprint density at radius 1 is 1.23 bits per heavy atom. The van der Waals surface area contributed by atoms with E-state index in [0.29, 0.717) is 11.1 Å². The second-order valence-electron chi connectivity index (χ2n) is 4.83. The summed E-state index contributed by atoms with van der Waals surface area (Å²) in [5.74, 6) is -2.33. The lowest BCUT2D eigenvalue weighted by Crippen LogP contribution is -2.33. The second kappa shape index (κ2) is 4.70. The summed E-state index contributed by atoms with van der Waals surface area (Å²) in [5, 5.41) is 0. The fourth-order valence-corrected chi connectivity index (χ4v) is 3.07. The summed E-state index contributed by atoms with van der Waals surface area (Å²) in [6.45, 7) is 4.90. The number of alkyl halides is 3. The van der Waals surface area contributed by atoms with Gasteiger partial charge in [-0.3, -0.25) is 4.79 Å². The highest BCUT2D eigenvalue weighted by Crippen LogP contribution is 2.32. The molecule has 0 atom stereocenters. The molecule has 0 fully saturated rings. The van der Waals surface area contributed by atoms with E-state index >= 15 is 0 Å². The van der Waals surface area contributed by atoms with Gasteiger partial charge in [0.1, 0.15) is 0 Å². The van der Waals surface area contributed by atoms with Gasteiger partial charge in [-0.05, 0) is 43.5 Å². The number of aryl methyl sites for hydroxylation is 2. The van der Waals surface area contributed by atoms with Crippen LogP contribution in [0, 0.1) is 20.8 Å². The van der Waals surface area contributed by atoms with Crippen LogP contribution < -0.4 is 5.73 Å². The molecule has 2 N–H and O–H groups in total. The molecule has 1 amide bonds. The van der Waals surface area contributed by atoms with Crippen LogP contribution in [0.3, 0.4) is 0 Å². The van der Waals surface area contributed by atoms with Crippen molar-refractivity contribution in [2.75, 3.05) is 0 Å². The van der Waals surface area contributed by atoms with Crippen molar-refractivity contribution in [3.8, 4) is 0 Å². The Morgan fingerprint density at radius 2 is 1.77 bits per heavy atom. The van der Waals surface area contributed by atoms with Gasteiger partial charge in [-0.1, -0.05) is 0 Å². The molecular formula is C12H12F3N3O3S. The molecule has 0 spiro atoms. The van der Waals surface area contributed by atoms with Gasteiger partial charge in [0, 0.05) is 0 Å². The van der Waals surface area contributed by atoms with Gasteiger partial charge in [-0.15, -0.1) is 0 Å². The number of nitrogens with two attached hydrogens (primary N) is 1. The summed E-state index contributed by atoms with van der Waals surface area (Å²) in [4.78, 5) is 15.1. The van der Waals surface area contributed by atoms with Crippen molar-refractivity contribution >= 4 is 27.0 Å². The zero-order valence-corrected chi connectivity index (χ0v) is 12.6. The van der Waals surface area contributed by atoms with E-state index < -0.39 is 27.3 Å². The Kier molecular flexibility index (Phi) is 3.48. The highest BCUT2D eigenvalue weighted by Gasteiger charge is 2.49. The van der Waals surface area contributed by atoms with E-state index in [4.69, 9.17) is 5.73 Å². The van der Waals surface area contributed by atoms with Crippen LogP contribution in [0.5, 0.6) is 0 Å². The maximum absolute atomic E-state index is 12.9. The van der Waals surface area contributed by atoms with Gasteiger partial charge < -0.3 is 5.73 Å². The number of carbonyl (C=O) groups excluding carboxylic acids is 1. The van der Waals surface area contributed by atoms with Gasteiger partial charge >= 0.3 is 15.5 Å². The molecule has 2 aromatic rings. The fourth-order valence-electron chi connectivity index (χ4n) is 2.11. The van der Waals surface area contributed by atoms with Gasteiger partial charge in [0.05, 0.1) is 11.0 Å². The Balaban J connectivity index is 3.07. The van der Waals surface area contributed by atoms with Crippen molar-refractivity contribution in [2.24, 2.45) is 5.73 Å². The maximum atomic E-state index is 12.9. The molecule has 0 saturated heterocycles. The van der Waals surface area contributed by atoms with Crippen molar-refractivity contribution in [3.63, 3.8) is 0 Å². The number of amides is 1. The second-order valence-corrected chi connectivity index (χ2v) is 6.60. The highest BCUT2D eigenvalue weighted by molar-refractivity contribution is 7.91. The SMILES string of the molecule is Cc1cc2c(nc(C(N)=O)n2S(=O)(=O)C(F)(F)F)c(C)c1C. The number of hydrogen-bond acceptors (Lipinski definition) is 4. The van der Waals surface area contributed by atoms with Gasteiger partial charge in [0.2, 0.25) is 5.82 Å². The van der Waals surface area contributed by atoms with Gasteiger partial charge in [-0.25, -0.2) is 8.96 Å². The summed E-state index contributed by atoms with van der Waals surface area (Å²) >= 11 is 0. The van der Waals surface area contributed by atoms with Crippen molar-refractivity contribution in [3.05, 3.63) is 28.6 Å². The number of carbonyl (C=O) groups is 1. The predicted octanol–water partition coefficient (Wildman–Crippen LogP) is 1.76. The summed E-state index contributed by atoms with van der Waals surface area (Å²) < 4.78 is 61.9. The number of imidazole rings is 1. The molecular weight excluding hydrogens is 323 g/mol. The first kappa shape index (κ1) is 16.3. The molecule has 120 valence electrons. The quantitative estimate of drug-likeness (QED) is 0.904. The molecule has 10 heteroatoms. The van der Waals surface area contributed by atoms with Gasteiger partial charge in [0.25, 0.3) is 5.91 Å². The maximum Gasteiger partial charge on any atom is 0.517 e. The molecule has 22 heavy (non-hydrogen) atoms. The number of rotatable bonds is 2. The zero-order valence-electron chi connectivity index (χ0n) is 11.8. The number of hydrogen-bond donors (Lipinski definition) is 1. The summed E-state index contributed by atoms with van der Waals surface area (Å²) in [5.41, 5.74) is 0.851. The van der Waals surface area contributed by atoms with E-state index in [1.165, 1.54) is 6.07 Å². The summed E-state index contributed by atoms with van der Waals surface area (Å²) in [6.07, 6.45) is 0. The fraction of sp³-hybridized carbons (Fsp3) is 0.333. The first-order valence-electron chi connectivity index (χ1n) is 6.00. The van der Waals surface area contributed by atoms with E-state index in [9.17, 15) is 26.4 Å². The van der Waals surface area contributed by atoms with E-state index in [-0.39, 0.29) is 15.0 Å². The first-order valence-corrected chi connectivity index (χ1v) is 7.44. The Morgan fingerprint density at radius 3 is 2.23 bits per heavy atom. The van der Waals surface area contributed by atoms with Crippen LogP contribution in [0.15, 0.2) is 6.07 Å². The van der Waals surface area contributed by atoms with E-state index in [0.717, 1.165) is 5.56 Å². The lowest BCUT2D eigenvalue weighted by atomic mass is 10.0. The average Bonchev–Trinajstić information content (AvgIpc) is 2.74. The predicted molar refractivity (Wildman–Crippen MR) is 72.8 cm³/mol. The molecule has 0 unspecified atom stereocenters. The van der Waals surface area contributed by atoms with Crippen molar-refractivity contribution in [1.29, 1.82) is 0 Å². The highest BCUT2D eigenvalue weighted by atomic mass is 32.2. The minimum absolute atomic E-state index is 0.00951. The molecule has 0 saturated carbocycles. The van der Waals surface area contributed by atoms with Crippen LogP contribution in [0.4, 0.5) is 13.2 Å². The van der Waals surface area contributed by atoms with E-state index in [2.05, 4.69) is 4.98 Å². The first-order chi connectivity index (χ1) is 9.89. The molecule has 0 aliphatic carbocycles. The minimum Gasteiger partial charge on any atom is -0.363 e. The smallest absolute Gasteiger partial charge is 0.363 e. The number of benzene rings is 1. The molecule has 0 radical (unpaired) electrons. The standard InChI is InChI=1S/C12H12F3N3O3S/c1-5-4-8-9(7(3)6(5)2)17-11(10(16)19)18(8)22(20,21)12(13,14)15/h4H,1-3H3,(H2,16,19). The van der Waals surface area contributed by atoms with Crippen LogP contribution in [0.1, 0.15) is 27.3 Å². The zero-order chi connectivity index (χ0) is 17.0. The molecule has 1 heterocycles. The third-order valence-corrected chi connectivity index (χ3v) is 4.92. The van der Waals surface area contributed by atoms with E-state index in [1.54, 1.807) is 20.8 Å². The molecule has 0 aliphatic rings. The lowest BCUT2D eigenvalue weighted by Gasteiger charge is -2.12. The number of halogens is 3. The minimum atomic E-state index is -5.83. The molecule has 2 rings (SSSR count). The van der Waals surface area contributed by atoms with Crippen molar-refractivity contribution < 1.29 is 26.4 Å². The Bertz CT molecular complexity index is 898. The normalized spacial score (nSPS) is 12.8. The Labute approximate surface area is 123 Å². The third-order valence-electron chi connectivity index (χ3n) is 3.49. The summed E-state index contributed by atoms with van der Waals surface area (Å²) in [7, 11) is -5.83. The van der Waals surface area contributed by atoms with Gasteiger partial charge in [0.15, 0.2) is 0 Å². The van der Waals surface area contributed by atoms with Crippen LogP contribution in [0.25, 0.3) is 11.0 Å². The van der Waals surface area contributed by atoms with Crippen LogP contribution in [0.2, 0.25) is 0 Å². The molecule has 0 aliphatic heterocycles. The van der Waals surface area contributed by atoms with Crippen LogP contribution in [-0.4, -0.2) is 28.8 Å². The molecule has 0 bridgehead atoms. The molecule has 6 nitrogen and oxygen atoms in total. The van der Waals surface area contributed by atoms with Crippen LogP contribution >= 0.6 is 0 Å².